The highest BCUT2D eigenvalue weighted by molar-refractivity contribution is 7.92. The monoisotopic (exact) mass is 420 g/mol. The van der Waals surface area contributed by atoms with Crippen molar-refractivity contribution in [1.29, 1.82) is 0 Å². The molecular formula is C18H20N4O4S2. The minimum atomic E-state index is -3.63. The number of benzene rings is 1. The molecular weight excluding hydrogens is 400 g/mol. The van der Waals surface area contributed by atoms with Crippen LogP contribution >= 0.6 is 11.3 Å². The number of carbonyl (C=O) groups excluding carboxylic acids is 1. The first-order valence-corrected chi connectivity index (χ1v) is 11.1. The number of anilines is 1. The van der Waals surface area contributed by atoms with E-state index in [2.05, 4.69) is 10.1 Å². The van der Waals surface area contributed by atoms with E-state index in [-0.39, 0.29) is 24.9 Å². The van der Waals surface area contributed by atoms with Crippen LogP contribution in [0.4, 0.5) is 5.69 Å². The van der Waals surface area contributed by atoms with Crippen LogP contribution in [0.25, 0.3) is 10.7 Å². The number of carbonyl (C=O) groups is 1. The lowest BCUT2D eigenvalue weighted by Crippen LogP contribution is -2.41. The number of hydrogen-bond acceptors (Lipinski definition) is 7. The molecule has 0 fully saturated rings. The topological polar surface area (TPSA) is 96.6 Å². The molecule has 0 saturated carbocycles. The summed E-state index contributed by atoms with van der Waals surface area (Å²) in [6, 6.07) is 10.8. The van der Waals surface area contributed by atoms with E-state index in [0.717, 1.165) is 21.0 Å². The Kier molecular flexibility index (Phi) is 5.80. The van der Waals surface area contributed by atoms with Crippen LogP contribution in [0.5, 0.6) is 0 Å². The van der Waals surface area contributed by atoms with Crippen molar-refractivity contribution in [2.24, 2.45) is 0 Å². The van der Waals surface area contributed by atoms with Crippen LogP contribution in [0.3, 0.4) is 0 Å². The van der Waals surface area contributed by atoms with Gasteiger partial charge in [-0.3, -0.25) is 9.10 Å². The van der Waals surface area contributed by atoms with Crippen LogP contribution in [0.1, 0.15) is 11.5 Å². The third-order valence-electron chi connectivity index (χ3n) is 4.07. The third kappa shape index (κ3) is 4.57. The van der Waals surface area contributed by atoms with Gasteiger partial charge in [-0.25, -0.2) is 8.42 Å². The maximum Gasteiger partial charge on any atom is 0.246 e. The third-order valence-corrected chi connectivity index (χ3v) is 6.06. The van der Waals surface area contributed by atoms with E-state index in [0.29, 0.717) is 11.5 Å². The van der Waals surface area contributed by atoms with Gasteiger partial charge >= 0.3 is 0 Å². The summed E-state index contributed by atoms with van der Waals surface area (Å²) < 4.78 is 30.8. The zero-order valence-electron chi connectivity index (χ0n) is 15.7. The first-order chi connectivity index (χ1) is 13.3. The van der Waals surface area contributed by atoms with Crippen LogP contribution in [-0.4, -0.2) is 49.2 Å². The SMILES string of the molecule is Cc1ccccc1N(CC(=O)N(C)Cc1nc(-c2cccs2)no1)S(C)(=O)=O. The number of likely N-dealkylation sites (N-methyl/N-ethyl adjacent to an activating group) is 1. The molecule has 2 heterocycles. The number of thiophene rings is 1. The molecule has 0 N–H and O–H groups in total. The maximum atomic E-state index is 12.7. The second-order valence-corrected chi connectivity index (χ2v) is 9.15. The molecule has 0 aliphatic heterocycles. The molecule has 0 unspecified atom stereocenters. The van der Waals surface area contributed by atoms with Gasteiger partial charge < -0.3 is 9.42 Å². The normalized spacial score (nSPS) is 11.4. The van der Waals surface area contributed by atoms with Gasteiger partial charge in [0.1, 0.15) is 6.54 Å². The predicted molar refractivity (Wildman–Crippen MR) is 107 cm³/mol. The Balaban J connectivity index is 1.72. The Morgan fingerprint density at radius 2 is 1.96 bits per heavy atom. The predicted octanol–water partition coefficient (Wildman–Crippen LogP) is 2.53. The molecule has 2 aromatic heterocycles. The van der Waals surface area contributed by atoms with Crippen molar-refractivity contribution in [3.05, 3.63) is 53.2 Å². The lowest BCUT2D eigenvalue weighted by Gasteiger charge is -2.25. The Morgan fingerprint density at radius 1 is 1.21 bits per heavy atom. The van der Waals surface area contributed by atoms with E-state index >= 15 is 0 Å². The van der Waals surface area contributed by atoms with Gasteiger partial charge in [0.15, 0.2) is 0 Å². The number of aromatic nitrogens is 2. The van der Waals surface area contributed by atoms with E-state index in [1.54, 1.807) is 32.2 Å². The molecule has 1 aromatic carbocycles. The van der Waals surface area contributed by atoms with Gasteiger partial charge in [0.05, 0.1) is 23.4 Å². The molecule has 0 aliphatic carbocycles. The molecule has 0 bridgehead atoms. The first kappa shape index (κ1) is 20.0. The standard InChI is InChI=1S/C18H20N4O4S2/c1-13-7-4-5-8-14(13)22(28(3,24)25)12-17(23)21(2)11-16-19-18(20-26-16)15-9-6-10-27-15/h4-10H,11-12H2,1-3H3. The van der Waals surface area contributed by atoms with Crippen molar-refractivity contribution in [2.45, 2.75) is 13.5 Å². The summed E-state index contributed by atoms with van der Waals surface area (Å²) in [5.74, 6) is 0.356. The van der Waals surface area contributed by atoms with Crippen LogP contribution in [0.15, 0.2) is 46.3 Å². The summed E-state index contributed by atoms with van der Waals surface area (Å²) in [6.45, 7) is 1.57. The molecule has 28 heavy (non-hydrogen) atoms. The largest absolute Gasteiger partial charge is 0.337 e. The second kappa shape index (κ2) is 8.11. The number of para-hydroxylation sites is 1. The van der Waals surface area contributed by atoms with Crippen LogP contribution < -0.4 is 4.31 Å². The summed E-state index contributed by atoms with van der Waals surface area (Å²) >= 11 is 1.49. The fourth-order valence-corrected chi connectivity index (χ4v) is 4.14. The van der Waals surface area contributed by atoms with Crippen molar-refractivity contribution >= 4 is 33.0 Å². The molecule has 0 radical (unpaired) electrons. The number of hydrogen-bond donors (Lipinski definition) is 0. The number of amides is 1. The molecule has 0 atom stereocenters. The van der Waals surface area contributed by atoms with E-state index in [4.69, 9.17) is 4.52 Å². The van der Waals surface area contributed by atoms with Crippen LogP contribution in [0, 0.1) is 6.92 Å². The van der Waals surface area contributed by atoms with Crippen molar-refractivity contribution in [3.8, 4) is 10.7 Å². The minimum Gasteiger partial charge on any atom is -0.337 e. The number of nitrogens with zero attached hydrogens (tertiary/aromatic N) is 4. The molecule has 0 spiro atoms. The number of rotatable bonds is 7. The van der Waals surface area contributed by atoms with Gasteiger partial charge in [0.25, 0.3) is 0 Å². The highest BCUT2D eigenvalue weighted by Crippen LogP contribution is 2.23. The van der Waals surface area contributed by atoms with E-state index < -0.39 is 10.0 Å². The number of sulfonamides is 1. The summed E-state index contributed by atoms with van der Waals surface area (Å²) in [7, 11) is -2.07. The summed E-state index contributed by atoms with van der Waals surface area (Å²) in [4.78, 5) is 19.2. The lowest BCUT2D eigenvalue weighted by atomic mass is 10.2. The lowest BCUT2D eigenvalue weighted by molar-refractivity contribution is -0.129. The van der Waals surface area contributed by atoms with Crippen molar-refractivity contribution in [1.82, 2.24) is 15.0 Å². The summed E-state index contributed by atoms with van der Waals surface area (Å²) in [5.41, 5.74) is 1.24. The zero-order chi connectivity index (χ0) is 20.3. The van der Waals surface area contributed by atoms with E-state index in [9.17, 15) is 13.2 Å². The van der Waals surface area contributed by atoms with Gasteiger partial charge in [-0.2, -0.15) is 4.98 Å². The highest BCUT2D eigenvalue weighted by atomic mass is 32.2. The summed E-state index contributed by atoms with van der Waals surface area (Å²) in [6.07, 6.45) is 1.08. The average Bonchev–Trinajstić information content (AvgIpc) is 3.30. The Labute approximate surface area is 167 Å². The van der Waals surface area contributed by atoms with Crippen LogP contribution in [-0.2, 0) is 21.4 Å². The molecule has 3 aromatic rings. The Morgan fingerprint density at radius 3 is 2.61 bits per heavy atom. The molecule has 10 heteroatoms. The van der Waals surface area contributed by atoms with Gasteiger partial charge in [-0.05, 0) is 30.0 Å². The van der Waals surface area contributed by atoms with Crippen molar-refractivity contribution < 1.29 is 17.7 Å². The quantitative estimate of drug-likeness (QED) is 0.583. The number of aryl methyl sites for hydroxylation is 1. The van der Waals surface area contributed by atoms with Gasteiger partial charge in [-0.1, -0.05) is 29.4 Å². The molecule has 8 nitrogen and oxygen atoms in total. The smallest absolute Gasteiger partial charge is 0.246 e. The fourth-order valence-electron chi connectivity index (χ4n) is 2.58. The average molecular weight is 421 g/mol. The minimum absolute atomic E-state index is 0.0859. The van der Waals surface area contributed by atoms with Crippen molar-refractivity contribution in [2.75, 3.05) is 24.2 Å². The highest BCUT2D eigenvalue weighted by Gasteiger charge is 2.24. The summed E-state index contributed by atoms with van der Waals surface area (Å²) in [5, 5.41) is 5.82. The fraction of sp³-hybridized carbons (Fsp3) is 0.278. The van der Waals surface area contributed by atoms with Gasteiger partial charge in [0.2, 0.25) is 27.6 Å². The Hall–Kier alpha value is -2.72. The van der Waals surface area contributed by atoms with E-state index in [1.807, 2.05) is 23.6 Å². The Bertz CT molecular complexity index is 1060. The molecule has 148 valence electrons. The molecule has 1 amide bonds. The molecule has 0 aliphatic rings. The van der Waals surface area contributed by atoms with Gasteiger partial charge in [-0.15, -0.1) is 11.3 Å². The van der Waals surface area contributed by atoms with E-state index in [1.165, 1.54) is 16.2 Å². The maximum absolute atomic E-state index is 12.7. The zero-order valence-corrected chi connectivity index (χ0v) is 17.3. The second-order valence-electron chi connectivity index (χ2n) is 6.29. The van der Waals surface area contributed by atoms with Crippen LogP contribution in [0.2, 0.25) is 0 Å². The molecule has 0 saturated heterocycles. The van der Waals surface area contributed by atoms with Gasteiger partial charge in [0, 0.05) is 7.05 Å². The van der Waals surface area contributed by atoms with Crippen molar-refractivity contribution in [3.63, 3.8) is 0 Å². The first-order valence-electron chi connectivity index (χ1n) is 8.39. The molecule has 3 rings (SSSR count).